The van der Waals surface area contributed by atoms with Crippen LogP contribution in [-0.4, -0.2) is 57.3 Å². The smallest absolute Gasteiger partial charge is 0.249 e. The van der Waals surface area contributed by atoms with Gasteiger partial charge in [0.1, 0.15) is 23.4 Å². The minimum absolute atomic E-state index is 0.00743. The summed E-state index contributed by atoms with van der Waals surface area (Å²) in [6.07, 6.45) is 3.63. The largest absolute Gasteiger partial charge is 0.496 e. The summed E-state index contributed by atoms with van der Waals surface area (Å²) in [4.78, 5) is 27.5. The highest BCUT2D eigenvalue weighted by Gasteiger charge is 2.27. The minimum Gasteiger partial charge on any atom is -0.496 e. The van der Waals surface area contributed by atoms with E-state index in [1.54, 1.807) is 25.2 Å². The Balaban J connectivity index is 1.66. The van der Waals surface area contributed by atoms with E-state index in [1.807, 2.05) is 24.3 Å². The highest BCUT2D eigenvalue weighted by molar-refractivity contribution is 7.16. The predicted molar refractivity (Wildman–Crippen MR) is 122 cm³/mol. The van der Waals surface area contributed by atoms with Gasteiger partial charge in [-0.3, -0.25) is 9.59 Å². The Kier molecular flexibility index (Phi) is 8.39. The third kappa shape index (κ3) is 5.73. The van der Waals surface area contributed by atoms with Gasteiger partial charge >= 0.3 is 0 Å². The van der Waals surface area contributed by atoms with Crippen molar-refractivity contribution in [1.82, 2.24) is 4.90 Å². The third-order valence-electron chi connectivity index (χ3n) is 4.97. The van der Waals surface area contributed by atoms with Gasteiger partial charge in [-0.1, -0.05) is 18.2 Å². The van der Waals surface area contributed by atoms with Crippen molar-refractivity contribution >= 4 is 34.2 Å². The second kappa shape index (κ2) is 11.4. The van der Waals surface area contributed by atoms with Crippen molar-refractivity contribution in [3.63, 3.8) is 0 Å². The van der Waals surface area contributed by atoms with Crippen LogP contribution in [0.1, 0.15) is 21.6 Å². The maximum atomic E-state index is 12.5. The molecule has 0 unspecified atom stereocenters. The summed E-state index contributed by atoms with van der Waals surface area (Å²) in [5.41, 5.74) is 2.14. The number of nitrogens with one attached hydrogen (secondary N) is 1. The standard InChI is InChI=1S/C23H25N3O5S/c1-29-11-12-31-15-22(28)26-10-9-17-18(13-24)23(32-20(17)14-26)25-21(27)8-7-16-5-3-4-6-19(16)30-2/h3-8H,9-12,14-15H2,1-2H3,(H,25,27). The maximum absolute atomic E-state index is 12.5. The molecule has 0 radical (unpaired) electrons. The molecule has 0 fully saturated rings. The van der Waals surface area contributed by atoms with Crippen LogP contribution in [0.5, 0.6) is 5.75 Å². The van der Waals surface area contributed by atoms with E-state index in [0.717, 1.165) is 16.0 Å². The molecular formula is C23H25N3O5S. The normalized spacial score (nSPS) is 13.0. The lowest BCUT2D eigenvalue weighted by atomic mass is 10.0. The predicted octanol–water partition coefficient (Wildman–Crippen LogP) is 2.83. The lowest BCUT2D eigenvalue weighted by molar-refractivity contribution is -0.137. The van der Waals surface area contributed by atoms with Crippen molar-refractivity contribution in [3.05, 3.63) is 51.9 Å². The maximum Gasteiger partial charge on any atom is 0.249 e. The van der Waals surface area contributed by atoms with Crippen molar-refractivity contribution < 1.29 is 23.8 Å². The SMILES string of the molecule is COCCOCC(=O)N1CCc2c(sc(NC(=O)C=Cc3ccccc3OC)c2C#N)C1. The lowest BCUT2D eigenvalue weighted by Crippen LogP contribution is -2.38. The first-order valence-corrected chi connectivity index (χ1v) is 10.9. The Labute approximate surface area is 191 Å². The van der Waals surface area contributed by atoms with Crippen LogP contribution in [0.2, 0.25) is 0 Å². The van der Waals surface area contributed by atoms with Crippen LogP contribution in [0, 0.1) is 11.3 Å². The van der Waals surface area contributed by atoms with E-state index in [-0.39, 0.29) is 18.4 Å². The van der Waals surface area contributed by atoms with Crippen LogP contribution in [0.4, 0.5) is 5.00 Å². The second-order valence-corrected chi connectivity index (χ2v) is 8.10. The average molecular weight is 456 g/mol. The Bertz CT molecular complexity index is 1040. The molecule has 0 saturated carbocycles. The van der Waals surface area contributed by atoms with Crippen molar-refractivity contribution in [2.45, 2.75) is 13.0 Å². The molecule has 9 heteroatoms. The highest BCUT2D eigenvalue weighted by Crippen LogP contribution is 2.36. The van der Waals surface area contributed by atoms with Gasteiger partial charge in [0.05, 0.1) is 32.4 Å². The van der Waals surface area contributed by atoms with Gasteiger partial charge in [0.15, 0.2) is 0 Å². The van der Waals surface area contributed by atoms with E-state index >= 15 is 0 Å². The molecule has 1 N–H and O–H groups in total. The van der Waals surface area contributed by atoms with Gasteiger partial charge < -0.3 is 24.4 Å². The van der Waals surface area contributed by atoms with E-state index < -0.39 is 0 Å². The van der Waals surface area contributed by atoms with E-state index in [4.69, 9.17) is 14.2 Å². The molecule has 1 aromatic carbocycles. The molecule has 8 nitrogen and oxygen atoms in total. The molecule has 1 aromatic heterocycles. The number of nitrogens with zero attached hydrogens (tertiary/aromatic N) is 2. The Morgan fingerprint density at radius 2 is 2.09 bits per heavy atom. The quantitative estimate of drug-likeness (QED) is 0.461. The zero-order valence-corrected chi connectivity index (χ0v) is 18.9. The summed E-state index contributed by atoms with van der Waals surface area (Å²) in [5.74, 6) is 0.214. The van der Waals surface area contributed by atoms with Crippen LogP contribution >= 0.6 is 11.3 Å². The number of rotatable bonds is 9. The molecular weight excluding hydrogens is 430 g/mol. The molecule has 0 atom stereocenters. The first-order chi connectivity index (χ1) is 15.6. The molecule has 1 aliphatic heterocycles. The first-order valence-electron chi connectivity index (χ1n) is 10.1. The molecule has 3 rings (SSSR count). The summed E-state index contributed by atoms with van der Waals surface area (Å²) in [6, 6.07) is 9.57. The van der Waals surface area contributed by atoms with E-state index in [9.17, 15) is 14.9 Å². The van der Waals surface area contributed by atoms with Crippen LogP contribution in [-0.2, 0) is 32.0 Å². The van der Waals surface area contributed by atoms with Crippen LogP contribution in [0.25, 0.3) is 6.08 Å². The fourth-order valence-electron chi connectivity index (χ4n) is 3.34. The van der Waals surface area contributed by atoms with Crippen molar-refractivity contribution in [2.24, 2.45) is 0 Å². The zero-order valence-electron chi connectivity index (χ0n) is 18.1. The van der Waals surface area contributed by atoms with Gasteiger partial charge in [0.25, 0.3) is 0 Å². The highest BCUT2D eigenvalue weighted by atomic mass is 32.1. The lowest BCUT2D eigenvalue weighted by Gasteiger charge is -2.26. The second-order valence-electron chi connectivity index (χ2n) is 6.99. The average Bonchev–Trinajstić information content (AvgIpc) is 3.16. The topological polar surface area (TPSA) is 101 Å². The number of methoxy groups -OCH3 is 2. The molecule has 2 aromatic rings. The molecule has 1 aliphatic rings. The fourth-order valence-corrected chi connectivity index (χ4v) is 4.56. The number of hydrogen-bond donors (Lipinski definition) is 1. The van der Waals surface area contributed by atoms with Crippen molar-refractivity contribution in [1.29, 1.82) is 5.26 Å². The number of fused-ring (bicyclic) bond motifs is 1. The monoisotopic (exact) mass is 455 g/mol. The number of carbonyl (C=O) groups is 2. The summed E-state index contributed by atoms with van der Waals surface area (Å²) in [5, 5.41) is 13.0. The summed E-state index contributed by atoms with van der Waals surface area (Å²) in [6.45, 7) is 1.69. The van der Waals surface area contributed by atoms with Gasteiger partial charge in [-0.15, -0.1) is 11.3 Å². The van der Waals surface area contributed by atoms with Crippen LogP contribution < -0.4 is 10.1 Å². The van der Waals surface area contributed by atoms with Gasteiger partial charge in [-0.25, -0.2) is 0 Å². The number of hydrogen-bond acceptors (Lipinski definition) is 7. The Hall–Kier alpha value is -3.19. The number of benzene rings is 1. The summed E-state index contributed by atoms with van der Waals surface area (Å²) >= 11 is 1.33. The van der Waals surface area contributed by atoms with E-state index in [2.05, 4.69) is 11.4 Å². The Morgan fingerprint density at radius 1 is 1.28 bits per heavy atom. The molecule has 32 heavy (non-hydrogen) atoms. The molecule has 0 saturated heterocycles. The fraction of sp³-hybridized carbons (Fsp3) is 0.348. The number of amides is 2. The first kappa shape index (κ1) is 23.5. The molecule has 0 bridgehead atoms. The number of anilines is 1. The number of thiophene rings is 1. The van der Waals surface area contributed by atoms with Crippen molar-refractivity contribution in [2.75, 3.05) is 45.9 Å². The van der Waals surface area contributed by atoms with E-state index in [1.165, 1.54) is 17.4 Å². The van der Waals surface area contributed by atoms with E-state index in [0.29, 0.717) is 49.0 Å². The molecule has 168 valence electrons. The van der Waals surface area contributed by atoms with Crippen molar-refractivity contribution in [3.8, 4) is 11.8 Å². The van der Waals surface area contributed by atoms with Gasteiger partial charge in [0.2, 0.25) is 11.8 Å². The molecule has 2 heterocycles. The van der Waals surface area contributed by atoms with Gasteiger partial charge in [-0.2, -0.15) is 5.26 Å². The number of nitriles is 1. The van der Waals surface area contributed by atoms with Gasteiger partial charge in [-0.05, 0) is 24.1 Å². The van der Waals surface area contributed by atoms with Gasteiger partial charge in [0, 0.05) is 30.2 Å². The number of para-hydroxylation sites is 1. The Morgan fingerprint density at radius 3 is 2.84 bits per heavy atom. The molecule has 0 aliphatic carbocycles. The molecule has 0 spiro atoms. The van der Waals surface area contributed by atoms with Crippen LogP contribution in [0.15, 0.2) is 30.3 Å². The third-order valence-corrected chi connectivity index (χ3v) is 6.10. The molecule has 2 amide bonds. The number of ether oxygens (including phenoxy) is 3. The minimum atomic E-state index is -0.342. The zero-order chi connectivity index (χ0) is 22.9. The van der Waals surface area contributed by atoms with Crippen LogP contribution in [0.3, 0.4) is 0 Å². The summed E-state index contributed by atoms with van der Waals surface area (Å²) < 4.78 is 15.5. The number of carbonyl (C=O) groups excluding carboxylic acids is 2. The summed E-state index contributed by atoms with van der Waals surface area (Å²) in [7, 11) is 3.15.